The molecule has 0 aliphatic carbocycles. The maximum absolute atomic E-state index is 11.6. The molecule has 0 saturated heterocycles. The minimum Gasteiger partial charge on any atom is -0.270 e. The van der Waals surface area contributed by atoms with Gasteiger partial charge in [-0.05, 0) is 56.8 Å². The Morgan fingerprint density at radius 2 is 1.75 bits per heavy atom. The Balaban J connectivity index is 1.89. The topological polar surface area (TPSA) is 76.9 Å². The summed E-state index contributed by atoms with van der Waals surface area (Å²) in [5.74, 6) is 1.41. The molecule has 0 atom stereocenters. The van der Waals surface area contributed by atoms with Crippen LogP contribution in [-0.4, -0.2) is 41.7 Å². The van der Waals surface area contributed by atoms with Crippen LogP contribution in [0.15, 0.2) is 53.7 Å². The number of benzene rings is 2. The van der Waals surface area contributed by atoms with Crippen LogP contribution in [0.1, 0.15) is 12.0 Å². The van der Waals surface area contributed by atoms with E-state index in [0.29, 0.717) is 23.0 Å². The lowest BCUT2D eigenvalue weighted by molar-refractivity contribution is 0.587. The highest BCUT2D eigenvalue weighted by atomic mass is 35.5. The summed E-state index contributed by atoms with van der Waals surface area (Å²) in [4.78, 5) is 0. The number of aryl methyl sites for hydroxylation is 1. The first-order valence-corrected chi connectivity index (χ1v) is 11.7. The van der Waals surface area contributed by atoms with E-state index in [1.807, 2.05) is 60.0 Å². The van der Waals surface area contributed by atoms with Crippen molar-refractivity contribution < 1.29 is 8.42 Å². The molecule has 0 unspecified atom stereocenters. The Hall–Kier alpha value is -1.87. The fraction of sp³-hybridized carbons (Fsp3) is 0.263. The van der Waals surface area contributed by atoms with Crippen molar-refractivity contribution in [2.75, 3.05) is 18.6 Å². The van der Waals surface area contributed by atoms with Crippen LogP contribution in [0, 0.1) is 6.92 Å². The fourth-order valence-corrected chi connectivity index (χ4v) is 4.52. The van der Waals surface area contributed by atoms with E-state index in [4.69, 9.17) is 11.6 Å². The van der Waals surface area contributed by atoms with Crippen LogP contribution in [0.5, 0.6) is 0 Å². The van der Waals surface area contributed by atoms with Crippen molar-refractivity contribution >= 4 is 33.4 Å². The third-order valence-corrected chi connectivity index (χ3v) is 6.84. The Morgan fingerprint density at radius 3 is 2.39 bits per heavy atom. The summed E-state index contributed by atoms with van der Waals surface area (Å²) in [6.07, 6.45) is 0.519. The van der Waals surface area contributed by atoms with E-state index in [1.54, 1.807) is 0 Å². The molecule has 0 aliphatic heterocycles. The number of nitrogens with one attached hydrogen (secondary N) is 1. The second kappa shape index (κ2) is 9.09. The van der Waals surface area contributed by atoms with Crippen LogP contribution < -0.4 is 4.72 Å². The highest BCUT2D eigenvalue weighted by Gasteiger charge is 2.16. The molecule has 1 N–H and O–H groups in total. The SMILES string of the molecule is CNS(=O)(=O)CCCSc1nnc(-c2ccc(Cl)cc2)n1-c1ccc(C)cc1. The molecule has 148 valence electrons. The van der Waals surface area contributed by atoms with Crippen LogP contribution in [0.3, 0.4) is 0 Å². The molecule has 9 heteroatoms. The van der Waals surface area contributed by atoms with E-state index in [9.17, 15) is 8.42 Å². The lowest BCUT2D eigenvalue weighted by atomic mass is 10.2. The maximum atomic E-state index is 11.6. The third-order valence-electron chi connectivity index (χ3n) is 4.13. The molecule has 3 aromatic rings. The third kappa shape index (κ3) is 5.14. The second-order valence-corrected chi connectivity index (χ2v) is 9.75. The number of rotatable bonds is 8. The van der Waals surface area contributed by atoms with Crippen molar-refractivity contribution in [3.05, 3.63) is 59.1 Å². The highest BCUT2D eigenvalue weighted by Crippen LogP contribution is 2.29. The summed E-state index contributed by atoms with van der Waals surface area (Å²) < 4.78 is 27.5. The van der Waals surface area contributed by atoms with Gasteiger partial charge in [0, 0.05) is 22.0 Å². The molecule has 0 amide bonds. The molecule has 1 aromatic heterocycles. The summed E-state index contributed by atoms with van der Waals surface area (Å²) in [5.41, 5.74) is 3.02. The van der Waals surface area contributed by atoms with Crippen molar-refractivity contribution in [2.24, 2.45) is 0 Å². The number of aromatic nitrogens is 3. The molecule has 0 aliphatic rings. The van der Waals surface area contributed by atoms with Crippen molar-refractivity contribution in [2.45, 2.75) is 18.5 Å². The van der Waals surface area contributed by atoms with Gasteiger partial charge in [-0.25, -0.2) is 13.1 Å². The molecule has 0 spiro atoms. The van der Waals surface area contributed by atoms with Gasteiger partial charge in [-0.2, -0.15) is 0 Å². The van der Waals surface area contributed by atoms with Gasteiger partial charge in [-0.3, -0.25) is 4.57 Å². The Labute approximate surface area is 174 Å². The standard InChI is InChI=1S/C19H21ClN4O2S2/c1-14-4-10-17(11-5-14)24-18(15-6-8-16(20)9-7-15)22-23-19(24)27-12-3-13-28(25,26)21-2/h4-11,21H,3,12-13H2,1-2H3. The van der Waals surface area contributed by atoms with E-state index < -0.39 is 10.0 Å². The Kier molecular flexibility index (Phi) is 6.77. The smallest absolute Gasteiger partial charge is 0.211 e. The predicted molar refractivity (Wildman–Crippen MR) is 115 cm³/mol. The summed E-state index contributed by atoms with van der Waals surface area (Å²) >= 11 is 7.50. The predicted octanol–water partition coefficient (Wildman–Crippen LogP) is 3.93. The molecule has 0 bridgehead atoms. The molecule has 2 aromatic carbocycles. The van der Waals surface area contributed by atoms with Gasteiger partial charge < -0.3 is 0 Å². The largest absolute Gasteiger partial charge is 0.270 e. The first-order valence-electron chi connectivity index (χ1n) is 8.72. The minimum absolute atomic E-state index is 0.0825. The van der Waals surface area contributed by atoms with E-state index in [-0.39, 0.29) is 5.75 Å². The molecular weight excluding hydrogens is 416 g/mol. The van der Waals surface area contributed by atoms with E-state index in [0.717, 1.165) is 22.0 Å². The number of thioether (sulfide) groups is 1. The lowest BCUT2D eigenvalue weighted by Crippen LogP contribution is -2.22. The molecule has 1 heterocycles. The van der Waals surface area contributed by atoms with Gasteiger partial charge >= 0.3 is 0 Å². The Bertz CT molecular complexity index is 1030. The molecule has 0 fully saturated rings. The highest BCUT2D eigenvalue weighted by molar-refractivity contribution is 7.99. The van der Waals surface area contributed by atoms with E-state index in [1.165, 1.54) is 18.8 Å². The van der Waals surface area contributed by atoms with E-state index >= 15 is 0 Å². The van der Waals surface area contributed by atoms with Crippen LogP contribution in [0.25, 0.3) is 17.1 Å². The van der Waals surface area contributed by atoms with Gasteiger partial charge in [0.2, 0.25) is 10.0 Å². The molecule has 6 nitrogen and oxygen atoms in total. The average Bonchev–Trinajstić information content (AvgIpc) is 3.10. The van der Waals surface area contributed by atoms with Gasteiger partial charge in [0.1, 0.15) is 0 Å². The quantitative estimate of drug-likeness (QED) is 0.427. The molecule has 28 heavy (non-hydrogen) atoms. The monoisotopic (exact) mass is 436 g/mol. The van der Waals surface area contributed by atoms with Gasteiger partial charge in [0.15, 0.2) is 11.0 Å². The maximum Gasteiger partial charge on any atom is 0.211 e. The number of nitrogens with zero attached hydrogens (tertiary/aromatic N) is 3. The fourth-order valence-electron chi connectivity index (χ4n) is 2.59. The van der Waals surface area contributed by atoms with Gasteiger partial charge in [-0.15, -0.1) is 10.2 Å². The molecular formula is C19H21ClN4O2S2. The summed E-state index contributed by atoms with van der Waals surface area (Å²) in [6, 6.07) is 15.6. The van der Waals surface area contributed by atoms with E-state index in [2.05, 4.69) is 14.9 Å². The lowest BCUT2D eigenvalue weighted by Gasteiger charge is -2.11. The molecule has 0 radical (unpaired) electrons. The summed E-state index contributed by atoms with van der Waals surface area (Å²) in [6.45, 7) is 2.04. The van der Waals surface area contributed by atoms with Crippen LogP contribution in [0.4, 0.5) is 0 Å². The van der Waals surface area contributed by atoms with Gasteiger partial charge in [0.05, 0.1) is 5.75 Å². The van der Waals surface area contributed by atoms with Crippen LogP contribution in [0.2, 0.25) is 5.02 Å². The molecule has 3 rings (SSSR count). The zero-order valence-electron chi connectivity index (χ0n) is 15.6. The van der Waals surface area contributed by atoms with Crippen molar-refractivity contribution in [3.8, 4) is 17.1 Å². The van der Waals surface area contributed by atoms with Gasteiger partial charge in [-0.1, -0.05) is 41.1 Å². The second-order valence-electron chi connectivity index (χ2n) is 6.21. The zero-order valence-corrected chi connectivity index (χ0v) is 18.0. The van der Waals surface area contributed by atoms with Gasteiger partial charge in [0.25, 0.3) is 0 Å². The van der Waals surface area contributed by atoms with Crippen LogP contribution in [-0.2, 0) is 10.0 Å². The Morgan fingerprint density at radius 1 is 1.07 bits per heavy atom. The average molecular weight is 437 g/mol. The number of hydrogen-bond acceptors (Lipinski definition) is 5. The summed E-state index contributed by atoms with van der Waals surface area (Å²) in [5, 5.41) is 10.1. The van der Waals surface area contributed by atoms with Crippen molar-refractivity contribution in [3.63, 3.8) is 0 Å². The first kappa shape index (κ1) is 20.9. The normalized spacial score (nSPS) is 11.7. The number of hydrogen-bond donors (Lipinski definition) is 1. The first-order chi connectivity index (χ1) is 13.4. The molecule has 0 saturated carbocycles. The minimum atomic E-state index is -3.20. The van der Waals surface area contributed by atoms with Crippen LogP contribution >= 0.6 is 23.4 Å². The van der Waals surface area contributed by atoms with Crippen molar-refractivity contribution in [1.82, 2.24) is 19.5 Å². The summed E-state index contributed by atoms with van der Waals surface area (Å²) in [7, 11) is -1.78. The number of halogens is 1. The number of sulfonamides is 1. The zero-order chi connectivity index (χ0) is 20.1. The van der Waals surface area contributed by atoms with Crippen molar-refractivity contribution in [1.29, 1.82) is 0 Å².